The predicted octanol–water partition coefficient (Wildman–Crippen LogP) is 5.77. The number of rotatable bonds is 4. The van der Waals surface area contributed by atoms with Gasteiger partial charge in [-0.1, -0.05) is 47.5 Å². The zero-order chi connectivity index (χ0) is 28.9. The van der Waals surface area contributed by atoms with E-state index in [1.165, 1.54) is 23.1 Å². The number of nitriles is 1. The van der Waals surface area contributed by atoms with Crippen molar-refractivity contribution >= 4 is 46.7 Å². The molecule has 4 amide bonds. The van der Waals surface area contributed by atoms with Gasteiger partial charge in [-0.2, -0.15) is 5.26 Å². The van der Waals surface area contributed by atoms with E-state index in [0.29, 0.717) is 16.7 Å². The number of carbonyl (C=O) groups is 3. The summed E-state index contributed by atoms with van der Waals surface area (Å²) in [6.07, 6.45) is -0.545. The third kappa shape index (κ3) is 4.32. The number of hydrogen-bond donors (Lipinski definition) is 0. The van der Waals surface area contributed by atoms with Crippen molar-refractivity contribution in [2.75, 3.05) is 25.0 Å². The second kappa shape index (κ2) is 10.1. The van der Waals surface area contributed by atoms with Crippen LogP contribution in [0.1, 0.15) is 39.1 Å². The van der Waals surface area contributed by atoms with Crippen molar-refractivity contribution in [3.8, 4) is 6.07 Å². The summed E-state index contributed by atoms with van der Waals surface area (Å²) in [5.74, 6) is -1.39. The summed E-state index contributed by atoms with van der Waals surface area (Å²) in [6.45, 7) is 0.111. The Morgan fingerprint density at radius 2 is 1.56 bits per heavy atom. The Kier molecular flexibility index (Phi) is 6.52. The van der Waals surface area contributed by atoms with Gasteiger partial charge in [-0.05, 0) is 58.5 Å². The molecule has 0 bridgehead atoms. The lowest BCUT2D eigenvalue weighted by atomic mass is 9.80. The molecule has 11 nitrogen and oxygen atoms in total. The van der Waals surface area contributed by atoms with Gasteiger partial charge in [-0.3, -0.25) is 9.59 Å². The minimum atomic E-state index is -1.42. The average Bonchev–Trinajstić information content (AvgIpc) is 3.69. The van der Waals surface area contributed by atoms with Crippen LogP contribution in [0.5, 0.6) is 0 Å². The van der Waals surface area contributed by atoms with E-state index >= 15 is 0 Å². The SMILES string of the molecule is CN1C(=O)N(c2cc(Cl)cc(Cl)c2)C(=O)[C@]12CN(C(=O)c1ccc(C3N=NN=N3)cc1)C[C@H]2c1ccc(C#N)cc1. The smallest absolute Gasteiger partial charge is 0.332 e. The molecule has 3 aromatic rings. The summed E-state index contributed by atoms with van der Waals surface area (Å²) >= 11 is 12.4. The molecule has 41 heavy (non-hydrogen) atoms. The summed E-state index contributed by atoms with van der Waals surface area (Å²) in [5, 5.41) is 24.7. The maximum atomic E-state index is 14.3. The normalized spacial score (nSPS) is 21.9. The van der Waals surface area contributed by atoms with Gasteiger partial charge in [-0.25, -0.2) is 9.69 Å². The standard InChI is InChI=1S/C28H20Cl2N8O3/c1-36-27(41)38(22-11-20(29)10-21(30)12-22)26(40)28(36)15-37(14-23(28)17-4-2-16(13-31)3-5-17)25(39)19-8-6-18(7-9-19)24-32-34-35-33-24/h2-12,23-24H,14-15H2,1H3/t23-,28+/m0/s1. The Morgan fingerprint density at radius 1 is 0.951 bits per heavy atom. The van der Waals surface area contributed by atoms with Crippen LogP contribution in [0.4, 0.5) is 10.5 Å². The number of anilines is 1. The number of amides is 4. The van der Waals surface area contributed by atoms with Gasteiger partial charge in [0.05, 0.1) is 23.9 Å². The highest BCUT2D eigenvalue weighted by Gasteiger charge is 2.65. The highest BCUT2D eigenvalue weighted by Crippen LogP contribution is 2.47. The first-order valence-electron chi connectivity index (χ1n) is 12.5. The lowest BCUT2D eigenvalue weighted by Gasteiger charge is -2.33. The largest absolute Gasteiger partial charge is 0.335 e. The summed E-state index contributed by atoms with van der Waals surface area (Å²) < 4.78 is 0. The van der Waals surface area contributed by atoms with E-state index in [9.17, 15) is 19.6 Å². The van der Waals surface area contributed by atoms with Gasteiger partial charge in [-0.15, -0.1) is 10.2 Å². The van der Waals surface area contributed by atoms with Crippen LogP contribution in [0, 0.1) is 11.3 Å². The van der Waals surface area contributed by atoms with Gasteiger partial charge in [0.25, 0.3) is 11.8 Å². The zero-order valence-corrected chi connectivity index (χ0v) is 23.0. The van der Waals surface area contributed by atoms with E-state index in [-0.39, 0.29) is 34.7 Å². The highest BCUT2D eigenvalue weighted by atomic mass is 35.5. The molecule has 2 saturated heterocycles. The highest BCUT2D eigenvalue weighted by molar-refractivity contribution is 6.36. The fourth-order valence-electron chi connectivity index (χ4n) is 5.64. The molecular weight excluding hydrogens is 567 g/mol. The molecule has 6 rings (SSSR count). The second-order valence-electron chi connectivity index (χ2n) is 9.91. The molecule has 2 fully saturated rings. The summed E-state index contributed by atoms with van der Waals surface area (Å²) in [5.41, 5.74) is 1.11. The maximum Gasteiger partial charge on any atom is 0.332 e. The van der Waals surface area contributed by atoms with Gasteiger partial charge in [0.15, 0.2) is 0 Å². The number of benzene rings is 3. The minimum absolute atomic E-state index is 0.0465. The van der Waals surface area contributed by atoms with Crippen LogP contribution in [0.25, 0.3) is 0 Å². The van der Waals surface area contributed by atoms with Crippen LogP contribution in [-0.4, -0.2) is 53.3 Å². The lowest BCUT2D eigenvalue weighted by Crippen LogP contribution is -2.54. The van der Waals surface area contributed by atoms with Crippen LogP contribution in [0.3, 0.4) is 0 Å². The van der Waals surface area contributed by atoms with Crippen molar-refractivity contribution < 1.29 is 14.4 Å². The molecule has 204 valence electrons. The number of carbonyl (C=O) groups excluding carboxylic acids is 3. The van der Waals surface area contributed by atoms with Crippen LogP contribution >= 0.6 is 23.2 Å². The van der Waals surface area contributed by atoms with Crippen molar-refractivity contribution in [1.82, 2.24) is 9.80 Å². The summed E-state index contributed by atoms with van der Waals surface area (Å²) in [7, 11) is 1.55. The third-order valence-corrected chi connectivity index (χ3v) is 8.15. The molecule has 3 aliphatic heterocycles. The number of urea groups is 1. The Labute approximate surface area is 244 Å². The van der Waals surface area contributed by atoms with Gasteiger partial charge < -0.3 is 9.80 Å². The zero-order valence-electron chi connectivity index (χ0n) is 21.5. The van der Waals surface area contributed by atoms with Gasteiger partial charge in [0, 0.05) is 40.7 Å². The fraction of sp³-hybridized carbons (Fsp3) is 0.214. The number of likely N-dealkylation sites (tertiary alicyclic amines) is 1. The Balaban J connectivity index is 1.39. The molecular formula is C28H20Cl2N8O3. The van der Waals surface area contributed by atoms with Crippen molar-refractivity contribution in [3.63, 3.8) is 0 Å². The van der Waals surface area contributed by atoms with E-state index < -0.39 is 29.6 Å². The molecule has 2 atom stereocenters. The quantitative estimate of drug-likeness (QED) is 0.358. The van der Waals surface area contributed by atoms with E-state index in [2.05, 4.69) is 26.7 Å². The molecule has 3 aromatic carbocycles. The number of hydrogen-bond acceptors (Lipinski definition) is 8. The van der Waals surface area contributed by atoms with Gasteiger partial charge in [0.1, 0.15) is 5.54 Å². The Morgan fingerprint density at radius 3 is 2.17 bits per heavy atom. The van der Waals surface area contributed by atoms with Crippen molar-refractivity contribution in [1.29, 1.82) is 5.26 Å². The molecule has 0 aromatic heterocycles. The first kappa shape index (κ1) is 26.6. The first-order chi connectivity index (χ1) is 19.7. The Hall–Kier alpha value is -4.66. The lowest BCUT2D eigenvalue weighted by molar-refractivity contribution is -0.124. The monoisotopic (exact) mass is 586 g/mol. The molecule has 13 heteroatoms. The van der Waals surface area contributed by atoms with E-state index in [4.69, 9.17) is 23.2 Å². The van der Waals surface area contributed by atoms with Gasteiger partial charge >= 0.3 is 6.03 Å². The maximum absolute atomic E-state index is 14.3. The second-order valence-corrected chi connectivity index (χ2v) is 10.8. The number of halogens is 2. The molecule has 3 aliphatic rings. The summed E-state index contributed by atoms with van der Waals surface area (Å²) in [6, 6.07) is 19.6. The van der Waals surface area contributed by atoms with Crippen molar-refractivity contribution in [2.45, 2.75) is 17.6 Å². The van der Waals surface area contributed by atoms with E-state index in [0.717, 1.165) is 10.5 Å². The molecule has 3 heterocycles. The molecule has 0 unspecified atom stereocenters. The van der Waals surface area contributed by atoms with Crippen LogP contribution in [0.2, 0.25) is 10.0 Å². The predicted molar refractivity (Wildman–Crippen MR) is 149 cm³/mol. The topological polar surface area (TPSA) is 134 Å². The molecule has 0 N–H and O–H groups in total. The molecule has 0 radical (unpaired) electrons. The van der Waals surface area contributed by atoms with Crippen molar-refractivity contribution in [2.24, 2.45) is 20.7 Å². The minimum Gasteiger partial charge on any atom is -0.335 e. The molecule has 1 spiro atoms. The molecule has 0 aliphatic carbocycles. The first-order valence-corrected chi connectivity index (χ1v) is 13.3. The fourth-order valence-corrected chi connectivity index (χ4v) is 6.16. The van der Waals surface area contributed by atoms with Crippen molar-refractivity contribution in [3.05, 3.63) is 99.0 Å². The average molecular weight is 587 g/mol. The van der Waals surface area contributed by atoms with Crippen LogP contribution in [-0.2, 0) is 4.79 Å². The number of imide groups is 1. The van der Waals surface area contributed by atoms with Gasteiger partial charge in [0.2, 0.25) is 6.17 Å². The number of likely N-dealkylation sites (N-methyl/N-ethyl adjacent to an activating group) is 1. The van der Waals surface area contributed by atoms with Crippen LogP contribution in [0.15, 0.2) is 87.4 Å². The third-order valence-electron chi connectivity index (χ3n) is 7.71. The van der Waals surface area contributed by atoms with Crippen LogP contribution < -0.4 is 4.90 Å². The Bertz CT molecular complexity index is 1650. The van der Waals surface area contributed by atoms with E-state index in [1.807, 2.05) is 0 Å². The summed E-state index contributed by atoms with van der Waals surface area (Å²) in [4.78, 5) is 45.8. The molecule has 0 saturated carbocycles. The number of nitrogens with zero attached hydrogens (tertiary/aromatic N) is 8. The van der Waals surface area contributed by atoms with E-state index in [1.54, 1.807) is 60.5 Å².